The van der Waals surface area contributed by atoms with Gasteiger partial charge in [-0.3, -0.25) is 4.79 Å². The Bertz CT molecular complexity index is 860. The van der Waals surface area contributed by atoms with Gasteiger partial charge in [-0.25, -0.2) is 10.8 Å². The molecule has 0 aliphatic heterocycles. The van der Waals surface area contributed by atoms with E-state index < -0.39 is 0 Å². The fraction of sp³-hybridized carbons (Fsp3) is 0.0667. The number of aromatic nitrogens is 2. The van der Waals surface area contributed by atoms with E-state index in [2.05, 4.69) is 26.3 Å². The molecule has 0 atom stereocenters. The maximum Gasteiger partial charge on any atom is 0.265 e. The van der Waals surface area contributed by atoms with Gasteiger partial charge >= 0.3 is 0 Å². The summed E-state index contributed by atoms with van der Waals surface area (Å²) in [4.78, 5) is 16.6. The molecule has 0 saturated carbocycles. The average molecular weight is 345 g/mol. The van der Waals surface area contributed by atoms with Crippen LogP contribution in [0.2, 0.25) is 0 Å². The number of rotatable bonds is 3. The molecule has 3 N–H and O–H groups in total. The minimum atomic E-state index is -0.0892. The fourth-order valence-electron chi connectivity index (χ4n) is 2.22. The lowest BCUT2D eigenvalue weighted by Gasteiger charge is -2.11. The molecular weight excluding hydrogens is 332 g/mol. The van der Waals surface area contributed by atoms with E-state index in [0.717, 1.165) is 16.5 Å². The van der Waals surface area contributed by atoms with Crippen LogP contribution in [0.15, 0.2) is 57.9 Å². The second-order valence-corrected chi connectivity index (χ2v) is 5.48. The standard InChI is InChI=1S/C15H13BrN4O/c16-12-5-3-7-20(15(12)21)9-11-8-10-4-1-2-6-13(10)18-14(11)19-17/h1-8H,9,17H2,(H,18,19). The summed E-state index contributed by atoms with van der Waals surface area (Å²) in [5.74, 6) is 6.12. The van der Waals surface area contributed by atoms with Crippen LogP contribution in [-0.2, 0) is 6.54 Å². The van der Waals surface area contributed by atoms with Crippen molar-refractivity contribution < 1.29 is 0 Å². The number of hydrazine groups is 1. The summed E-state index contributed by atoms with van der Waals surface area (Å²) in [7, 11) is 0. The summed E-state index contributed by atoms with van der Waals surface area (Å²) in [5, 5.41) is 1.01. The van der Waals surface area contributed by atoms with Gasteiger partial charge < -0.3 is 9.99 Å². The molecule has 6 heteroatoms. The highest BCUT2D eigenvalue weighted by Gasteiger charge is 2.08. The highest BCUT2D eigenvalue weighted by molar-refractivity contribution is 9.10. The fourth-order valence-corrected chi connectivity index (χ4v) is 2.60. The number of nitrogens with zero attached hydrogens (tertiary/aromatic N) is 2. The number of halogens is 1. The molecule has 0 unspecified atom stereocenters. The number of pyridine rings is 2. The van der Waals surface area contributed by atoms with Crippen molar-refractivity contribution in [3.63, 3.8) is 0 Å². The van der Waals surface area contributed by atoms with E-state index in [1.54, 1.807) is 16.8 Å². The van der Waals surface area contributed by atoms with Crippen LogP contribution in [-0.4, -0.2) is 9.55 Å². The van der Waals surface area contributed by atoms with Gasteiger partial charge in [0.05, 0.1) is 16.5 Å². The number of para-hydroxylation sites is 1. The molecule has 0 fully saturated rings. The Morgan fingerprint density at radius 3 is 2.86 bits per heavy atom. The van der Waals surface area contributed by atoms with E-state index >= 15 is 0 Å². The van der Waals surface area contributed by atoms with Crippen molar-refractivity contribution in [2.45, 2.75) is 6.54 Å². The third kappa shape index (κ3) is 2.68. The molecule has 3 rings (SSSR count). The number of nitrogens with two attached hydrogens (primary N) is 1. The molecule has 2 heterocycles. The highest BCUT2D eigenvalue weighted by atomic mass is 79.9. The second kappa shape index (κ2) is 5.67. The Balaban J connectivity index is 2.11. The zero-order valence-corrected chi connectivity index (χ0v) is 12.7. The summed E-state index contributed by atoms with van der Waals surface area (Å²) in [6.45, 7) is 0.398. The molecule has 0 radical (unpaired) electrons. The van der Waals surface area contributed by atoms with Gasteiger partial charge in [0.25, 0.3) is 5.56 Å². The first-order valence-corrected chi connectivity index (χ1v) is 7.18. The molecule has 106 valence electrons. The first-order chi connectivity index (χ1) is 10.2. The molecule has 2 aromatic heterocycles. The van der Waals surface area contributed by atoms with Gasteiger partial charge in [0, 0.05) is 17.1 Å². The monoisotopic (exact) mass is 344 g/mol. The van der Waals surface area contributed by atoms with Crippen LogP contribution < -0.4 is 16.8 Å². The normalized spacial score (nSPS) is 10.8. The number of anilines is 1. The first-order valence-electron chi connectivity index (χ1n) is 6.39. The van der Waals surface area contributed by atoms with Gasteiger partial charge in [0.15, 0.2) is 0 Å². The Kier molecular flexibility index (Phi) is 3.72. The number of nitrogens with one attached hydrogen (secondary N) is 1. The average Bonchev–Trinajstić information content (AvgIpc) is 2.51. The molecule has 0 spiro atoms. The molecule has 0 aliphatic rings. The number of hydrogen-bond acceptors (Lipinski definition) is 4. The predicted octanol–water partition coefficient (Wildman–Crippen LogP) is 2.49. The van der Waals surface area contributed by atoms with Crippen LogP contribution in [0, 0.1) is 0 Å². The molecule has 0 aliphatic carbocycles. The smallest absolute Gasteiger partial charge is 0.265 e. The molecule has 1 aromatic carbocycles. The van der Waals surface area contributed by atoms with Crippen LogP contribution in [0.25, 0.3) is 10.9 Å². The largest absolute Gasteiger partial charge is 0.310 e. The van der Waals surface area contributed by atoms with Crippen molar-refractivity contribution in [3.05, 3.63) is 69.1 Å². The number of hydrogen-bond donors (Lipinski definition) is 2. The number of benzene rings is 1. The maximum absolute atomic E-state index is 12.1. The zero-order valence-electron chi connectivity index (χ0n) is 11.1. The zero-order chi connectivity index (χ0) is 14.8. The third-order valence-electron chi connectivity index (χ3n) is 3.25. The summed E-state index contributed by atoms with van der Waals surface area (Å²) in [6, 6.07) is 13.3. The van der Waals surface area contributed by atoms with E-state index in [9.17, 15) is 4.79 Å². The van der Waals surface area contributed by atoms with Crippen molar-refractivity contribution in [1.82, 2.24) is 9.55 Å². The van der Waals surface area contributed by atoms with E-state index in [0.29, 0.717) is 16.8 Å². The minimum Gasteiger partial charge on any atom is -0.310 e. The lowest BCUT2D eigenvalue weighted by molar-refractivity contribution is 0.754. The van der Waals surface area contributed by atoms with Gasteiger partial charge in [-0.2, -0.15) is 0 Å². The minimum absolute atomic E-state index is 0.0892. The first kappa shape index (κ1) is 13.8. The van der Waals surface area contributed by atoms with Gasteiger partial charge in [-0.05, 0) is 40.2 Å². The predicted molar refractivity (Wildman–Crippen MR) is 87.1 cm³/mol. The Morgan fingerprint density at radius 1 is 1.24 bits per heavy atom. The van der Waals surface area contributed by atoms with Crippen molar-refractivity contribution in [3.8, 4) is 0 Å². The van der Waals surface area contributed by atoms with E-state index in [-0.39, 0.29) is 5.56 Å². The van der Waals surface area contributed by atoms with Crippen LogP contribution >= 0.6 is 15.9 Å². The van der Waals surface area contributed by atoms with E-state index in [4.69, 9.17) is 5.84 Å². The molecule has 5 nitrogen and oxygen atoms in total. The summed E-state index contributed by atoms with van der Waals surface area (Å²) < 4.78 is 2.14. The van der Waals surface area contributed by atoms with E-state index in [1.165, 1.54) is 0 Å². The topological polar surface area (TPSA) is 72.9 Å². The van der Waals surface area contributed by atoms with Crippen LogP contribution in [0.3, 0.4) is 0 Å². The van der Waals surface area contributed by atoms with Crippen molar-refractivity contribution in [2.75, 3.05) is 5.43 Å². The van der Waals surface area contributed by atoms with Gasteiger partial charge in [-0.1, -0.05) is 18.2 Å². The molecule has 0 saturated heterocycles. The summed E-state index contributed by atoms with van der Waals surface area (Å²) >= 11 is 3.25. The number of nitrogen functional groups attached to an aromatic ring is 1. The van der Waals surface area contributed by atoms with Crippen LogP contribution in [0.5, 0.6) is 0 Å². The summed E-state index contributed by atoms with van der Waals surface area (Å²) in [6.07, 6.45) is 1.74. The molecule has 0 amide bonds. The molecular formula is C15H13BrN4O. The number of fused-ring (bicyclic) bond motifs is 1. The van der Waals surface area contributed by atoms with E-state index in [1.807, 2.05) is 36.4 Å². The Hall–Kier alpha value is -2.18. The van der Waals surface area contributed by atoms with Crippen molar-refractivity contribution >= 4 is 32.7 Å². The highest BCUT2D eigenvalue weighted by Crippen LogP contribution is 2.20. The Morgan fingerprint density at radius 2 is 2.05 bits per heavy atom. The molecule has 21 heavy (non-hydrogen) atoms. The quantitative estimate of drug-likeness (QED) is 0.565. The van der Waals surface area contributed by atoms with Gasteiger partial charge in [0.2, 0.25) is 0 Å². The van der Waals surface area contributed by atoms with Gasteiger partial charge in [-0.15, -0.1) is 0 Å². The summed E-state index contributed by atoms with van der Waals surface area (Å²) in [5.41, 5.74) is 4.23. The molecule has 0 bridgehead atoms. The lowest BCUT2D eigenvalue weighted by Crippen LogP contribution is -2.21. The van der Waals surface area contributed by atoms with Crippen molar-refractivity contribution in [1.29, 1.82) is 0 Å². The molecule has 3 aromatic rings. The van der Waals surface area contributed by atoms with Crippen LogP contribution in [0.1, 0.15) is 5.56 Å². The second-order valence-electron chi connectivity index (χ2n) is 4.62. The third-order valence-corrected chi connectivity index (χ3v) is 3.86. The van der Waals surface area contributed by atoms with Crippen molar-refractivity contribution in [2.24, 2.45) is 5.84 Å². The van der Waals surface area contributed by atoms with Gasteiger partial charge in [0.1, 0.15) is 5.82 Å². The maximum atomic E-state index is 12.1. The van der Waals surface area contributed by atoms with Crippen LogP contribution in [0.4, 0.5) is 5.82 Å². The SMILES string of the molecule is NNc1nc2ccccc2cc1Cn1cccc(Br)c1=O. The lowest BCUT2D eigenvalue weighted by atomic mass is 10.1. The Labute approximate surface area is 129 Å².